The second kappa shape index (κ2) is 40.0. The quantitative estimate of drug-likeness (QED) is 0.0300. The highest BCUT2D eigenvalue weighted by molar-refractivity contribution is 5.81. The van der Waals surface area contributed by atoms with E-state index >= 15 is 0 Å². The molecule has 0 atom stereocenters. The van der Waals surface area contributed by atoms with Gasteiger partial charge in [-0.15, -0.1) is 0 Å². The highest BCUT2D eigenvalue weighted by atomic mass is 16.5. The summed E-state index contributed by atoms with van der Waals surface area (Å²) in [6, 6.07) is 0. The van der Waals surface area contributed by atoms with E-state index in [1.54, 1.807) is 6.08 Å². The van der Waals surface area contributed by atoms with Gasteiger partial charge in [0.1, 0.15) is 0 Å². The Morgan fingerprint density at radius 2 is 0.636 bits per heavy atom. The van der Waals surface area contributed by atoms with E-state index in [-0.39, 0.29) is 5.97 Å². The third-order valence-corrected chi connectivity index (χ3v) is 9.13. The molecule has 0 aromatic rings. The van der Waals surface area contributed by atoms with Crippen LogP contribution in [0.5, 0.6) is 0 Å². The number of esters is 1. The molecule has 2 nitrogen and oxygen atoms in total. The standard InChI is InChI=1S/C42H80O2/c1-3-5-7-9-11-13-15-17-19-21-23-24-26-28-30-32-34-36-38-40-42(43)44-41-39-37-35-33-31-29-27-25-22-20-18-16-14-12-10-8-6-4-2/h18,20,38,40H,3-17,19,21-37,39,41H2,1-2H3. The summed E-state index contributed by atoms with van der Waals surface area (Å²) >= 11 is 0. The Hall–Kier alpha value is -1.05. The third kappa shape index (κ3) is 39.0. The third-order valence-electron chi connectivity index (χ3n) is 9.13. The van der Waals surface area contributed by atoms with Crippen LogP contribution in [0.15, 0.2) is 24.3 Å². The highest BCUT2D eigenvalue weighted by Gasteiger charge is 1.98. The van der Waals surface area contributed by atoms with Crippen LogP contribution in [0, 0.1) is 0 Å². The summed E-state index contributed by atoms with van der Waals surface area (Å²) in [5.41, 5.74) is 0. The van der Waals surface area contributed by atoms with E-state index in [1.165, 1.54) is 205 Å². The lowest BCUT2D eigenvalue weighted by atomic mass is 10.0. The molecule has 0 radical (unpaired) electrons. The van der Waals surface area contributed by atoms with Crippen molar-refractivity contribution in [3.8, 4) is 0 Å². The smallest absolute Gasteiger partial charge is 0.330 e. The van der Waals surface area contributed by atoms with Crippen molar-refractivity contribution in [1.29, 1.82) is 0 Å². The fourth-order valence-electron chi connectivity index (χ4n) is 6.09. The fraction of sp³-hybridized carbons (Fsp3) is 0.881. The van der Waals surface area contributed by atoms with Gasteiger partial charge in [0.05, 0.1) is 6.61 Å². The maximum Gasteiger partial charge on any atom is 0.330 e. The minimum absolute atomic E-state index is 0.155. The zero-order chi connectivity index (χ0) is 31.9. The van der Waals surface area contributed by atoms with Crippen LogP contribution < -0.4 is 0 Å². The molecule has 0 bridgehead atoms. The first kappa shape index (κ1) is 43.0. The Balaban J connectivity index is 3.24. The van der Waals surface area contributed by atoms with Crippen LogP contribution in [0.3, 0.4) is 0 Å². The number of ether oxygens (including phenoxy) is 1. The molecule has 0 spiro atoms. The molecule has 2 heteroatoms. The van der Waals surface area contributed by atoms with E-state index in [0.717, 1.165) is 12.8 Å². The summed E-state index contributed by atoms with van der Waals surface area (Å²) in [5.74, 6) is -0.155. The van der Waals surface area contributed by atoms with Crippen LogP contribution in [0.2, 0.25) is 0 Å². The zero-order valence-electron chi connectivity index (χ0n) is 30.4. The van der Waals surface area contributed by atoms with Gasteiger partial charge in [-0.05, 0) is 44.9 Å². The molecule has 0 amide bonds. The van der Waals surface area contributed by atoms with E-state index in [0.29, 0.717) is 6.61 Å². The summed E-state index contributed by atoms with van der Waals surface area (Å²) in [4.78, 5) is 11.9. The van der Waals surface area contributed by atoms with Crippen LogP contribution in [0.1, 0.15) is 232 Å². The number of unbranched alkanes of at least 4 members (excludes halogenated alkanes) is 31. The minimum atomic E-state index is -0.155. The minimum Gasteiger partial charge on any atom is -0.463 e. The average molecular weight is 617 g/mol. The molecule has 0 unspecified atom stereocenters. The Labute approximate surface area is 278 Å². The summed E-state index contributed by atoms with van der Waals surface area (Å²) in [6.07, 6.45) is 54.4. The lowest BCUT2D eigenvalue weighted by Gasteiger charge is -2.04. The number of allylic oxidation sites excluding steroid dienone is 3. The Kier molecular flexibility index (Phi) is 39.0. The summed E-state index contributed by atoms with van der Waals surface area (Å²) in [7, 11) is 0. The van der Waals surface area contributed by atoms with Crippen LogP contribution in [0.4, 0.5) is 0 Å². The summed E-state index contributed by atoms with van der Waals surface area (Å²) in [6.45, 7) is 5.15. The molecule has 0 N–H and O–H groups in total. The Morgan fingerprint density at radius 3 is 0.977 bits per heavy atom. The van der Waals surface area contributed by atoms with E-state index in [4.69, 9.17) is 4.74 Å². The molecule has 0 heterocycles. The number of hydrogen-bond acceptors (Lipinski definition) is 2. The van der Waals surface area contributed by atoms with Gasteiger partial charge in [-0.3, -0.25) is 0 Å². The normalized spacial score (nSPS) is 11.8. The molecule has 44 heavy (non-hydrogen) atoms. The molecule has 260 valence electrons. The van der Waals surface area contributed by atoms with Gasteiger partial charge in [0.25, 0.3) is 0 Å². The van der Waals surface area contributed by atoms with Crippen molar-refractivity contribution in [2.75, 3.05) is 6.61 Å². The maximum absolute atomic E-state index is 11.9. The molecule has 0 aromatic heterocycles. The molecule has 0 aromatic carbocycles. The first-order valence-corrected chi connectivity index (χ1v) is 20.3. The first-order valence-electron chi connectivity index (χ1n) is 20.3. The van der Waals surface area contributed by atoms with Gasteiger partial charge < -0.3 is 4.74 Å². The van der Waals surface area contributed by atoms with Gasteiger partial charge in [0.15, 0.2) is 0 Å². The Morgan fingerprint density at radius 1 is 0.364 bits per heavy atom. The predicted molar refractivity (Wildman–Crippen MR) is 198 cm³/mol. The second-order valence-electron chi connectivity index (χ2n) is 13.7. The van der Waals surface area contributed by atoms with Gasteiger partial charge >= 0.3 is 5.97 Å². The molecule has 0 fully saturated rings. The number of rotatable bonds is 37. The molecule has 0 saturated heterocycles. The lowest BCUT2D eigenvalue weighted by Crippen LogP contribution is -2.02. The average Bonchev–Trinajstić information content (AvgIpc) is 3.03. The monoisotopic (exact) mass is 617 g/mol. The molecule has 0 aliphatic heterocycles. The largest absolute Gasteiger partial charge is 0.463 e. The molecule has 0 aliphatic carbocycles. The highest BCUT2D eigenvalue weighted by Crippen LogP contribution is 2.15. The van der Waals surface area contributed by atoms with Gasteiger partial charge in [0, 0.05) is 6.08 Å². The first-order chi connectivity index (χ1) is 21.8. The lowest BCUT2D eigenvalue weighted by molar-refractivity contribution is -0.137. The molecular formula is C42H80O2. The van der Waals surface area contributed by atoms with Gasteiger partial charge in [-0.25, -0.2) is 4.79 Å². The van der Waals surface area contributed by atoms with Crippen LogP contribution in [-0.2, 0) is 9.53 Å². The van der Waals surface area contributed by atoms with Crippen molar-refractivity contribution in [3.05, 3.63) is 24.3 Å². The summed E-state index contributed by atoms with van der Waals surface area (Å²) < 4.78 is 5.38. The van der Waals surface area contributed by atoms with Crippen molar-refractivity contribution in [1.82, 2.24) is 0 Å². The van der Waals surface area contributed by atoms with E-state index in [2.05, 4.69) is 26.0 Å². The zero-order valence-corrected chi connectivity index (χ0v) is 30.4. The predicted octanol–water partition coefficient (Wildman–Crippen LogP) is 14.9. The van der Waals surface area contributed by atoms with Gasteiger partial charge in [-0.1, -0.05) is 205 Å². The van der Waals surface area contributed by atoms with Crippen molar-refractivity contribution in [3.63, 3.8) is 0 Å². The number of hydrogen-bond donors (Lipinski definition) is 0. The van der Waals surface area contributed by atoms with E-state index < -0.39 is 0 Å². The molecule has 0 aliphatic rings. The SMILES string of the molecule is CCCCCCCCC=CCCCCCCCCCCOC(=O)C=CCCCCCCCCCCCCCCCCCCC. The topological polar surface area (TPSA) is 26.3 Å². The van der Waals surface area contributed by atoms with Crippen molar-refractivity contribution >= 4 is 5.97 Å². The van der Waals surface area contributed by atoms with Crippen LogP contribution >= 0.6 is 0 Å². The van der Waals surface area contributed by atoms with Crippen LogP contribution in [-0.4, -0.2) is 12.6 Å². The van der Waals surface area contributed by atoms with Crippen molar-refractivity contribution in [2.45, 2.75) is 232 Å². The van der Waals surface area contributed by atoms with Crippen LogP contribution in [0.25, 0.3) is 0 Å². The van der Waals surface area contributed by atoms with E-state index in [9.17, 15) is 4.79 Å². The van der Waals surface area contributed by atoms with Crippen molar-refractivity contribution < 1.29 is 9.53 Å². The Bertz CT molecular complexity index is 593. The van der Waals surface area contributed by atoms with E-state index in [1.807, 2.05) is 6.08 Å². The van der Waals surface area contributed by atoms with Crippen molar-refractivity contribution in [2.24, 2.45) is 0 Å². The second-order valence-corrected chi connectivity index (χ2v) is 13.7. The summed E-state index contributed by atoms with van der Waals surface area (Å²) in [5, 5.41) is 0. The fourth-order valence-corrected chi connectivity index (χ4v) is 6.09. The molecule has 0 rings (SSSR count). The molecule has 0 saturated carbocycles. The maximum atomic E-state index is 11.9. The number of carbonyl (C=O) groups is 1. The molecular weight excluding hydrogens is 536 g/mol. The van der Waals surface area contributed by atoms with Gasteiger partial charge in [0.2, 0.25) is 0 Å². The number of carbonyl (C=O) groups excluding carboxylic acids is 1. The van der Waals surface area contributed by atoms with Gasteiger partial charge in [-0.2, -0.15) is 0 Å².